The number of carbonyl (C=O) groups is 1. The van der Waals surface area contributed by atoms with E-state index in [4.69, 9.17) is 0 Å². The first-order valence-corrected chi connectivity index (χ1v) is 8.38. The van der Waals surface area contributed by atoms with Crippen molar-refractivity contribution in [1.82, 2.24) is 9.80 Å². The van der Waals surface area contributed by atoms with Crippen LogP contribution in [0.15, 0.2) is 42.5 Å². The van der Waals surface area contributed by atoms with Crippen LogP contribution in [0.2, 0.25) is 0 Å². The predicted octanol–water partition coefficient (Wildman–Crippen LogP) is 3.17. The Balaban J connectivity index is 1.97. The Morgan fingerprint density at radius 2 is 1.88 bits per heavy atom. The molecule has 2 aromatic carbocycles. The molecule has 26 heavy (non-hydrogen) atoms. The second-order valence-electron chi connectivity index (χ2n) is 6.52. The van der Waals surface area contributed by atoms with Crippen LogP contribution >= 0.6 is 0 Å². The highest BCUT2D eigenvalue weighted by Crippen LogP contribution is 2.29. The minimum atomic E-state index is -0.824. The van der Waals surface area contributed by atoms with Crippen LogP contribution in [0.3, 0.4) is 0 Å². The fourth-order valence-corrected chi connectivity index (χ4v) is 3.32. The van der Waals surface area contributed by atoms with Gasteiger partial charge in [0.1, 0.15) is 5.82 Å². The van der Waals surface area contributed by atoms with Gasteiger partial charge in [-0.2, -0.15) is 0 Å². The number of nitro groups is 1. The largest absolute Gasteiger partial charge is 0.329 e. The van der Waals surface area contributed by atoms with Crippen molar-refractivity contribution in [3.05, 3.63) is 75.1 Å². The Hall–Kier alpha value is -2.80. The SMILES string of the molecule is Cc1c([N+](=O)[O-])ccc(C(=O)N2CCN(C)C[C@@H]2c2ccccc2)c1F. The van der Waals surface area contributed by atoms with Gasteiger partial charge in [0.2, 0.25) is 0 Å². The Labute approximate surface area is 151 Å². The molecule has 1 saturated heterocycles. The normalized spacial score (nSPS) is 18.0. The molecule has 1 atom stereocenters. The van der Waals surface area contributed by atoms with Crippen LogP contribution in [0.25, 0.3) is 0 Å². The van der Waals surface area contributed by atoms with Crippen molar-refractivity contribution in [3.8, 4) is 0 Å². The van der Waals surface area contributed by atoms with E-state index in [9.17, 15) is 19.3 Å². The van der Waals surface area contributed by atoms with Crippen molar-refractivity contribution in [2.75, 3.05) is 26.7 Å². The molecule has 136 valence electrons. The molecule has 0 bridgehead atoms. The monoisotopic (exact) mass is 357 g/mol. The molecule has 6 nitrogen and oxygen atoms in total. The predicted molar refractivity (Wildman–Crippen MR) is 95.5 cm³/mol. The van der Waals surface area contributed by atoms with Crippen molar-refractivity contribution in [1.29, 1.82) is 0 Å². The fraction of sp³-hybridized carbons (Fsp3) is 0.316. The number of benzene rings is 2. The highest BCUT2D eigenvalue weighted by atomic mass is 19.1. The quantitative estimate of drug-likeness (QED) is 0.625. The number of halogens is 1. The van der Waals surface area contributed by atoms with E-state index < -0.39 is 16.6 Å². The molecule has 1 aliphatic rings. The molecule has 3 rings (SSSR count). The molecule has 0 spiro atoms. The minimum absolute atomic E-state index is 0.119. The van der Waals surface area contributed by atoms with E-state index in [1.54, 1.807) is 4.90 Å². The molecule has 0 aromatic heterocycles. The Morgan fingerprint density at radius 3 is 2.54 bits per heavy atom. The highest BCUT2D eigenvalue weighted by Gasteiger charge is 2.33. The van der Waals surface area contributed by atoms with E-state index >= 15 is 0 Å². The van der Waals surface area contributed by atoms with Gasteiger partial charge in [0.15, 0.2) is 0 Å². The van der Waals surface area contributed by atoms with E-state index in [0.717, 1.165) is 5.56 Å². The van der Waals surface area contributed by atoms with Gasteiger partial charge in [-0.25, -0.2) is 4.39 Å². The van der Waals surface area contributed by atoms with Crippen LogP contribution in [0.5, 0.6) is 0 Å². The lowest BCUT2D eigenvalue weighted by Crippen LogP contribution is -2.49. The number of carbonyl (C=O) groups excluding carboxylic acids is 1. The summed E-state index contributed by atoms with van der Waals surface area (Å²) in [5.74, 6) is -1.27. The van der Waals surface area contributed by atoms with E-state index in [1.807, 2.05) is 37.4 Å². The topological polar surface area (TPSA) is 66.7 Å². The van der Waals surface area contributed by atoms with Crippen LogP contribution in [0.1, 0.15) is 27.5 Å². The van der Waals surface area contributed by atoms with Gasteiger partial charge < -0.3 is 9.80 Å². The number of nitro benzene ring substituents is 1. The highest BCUT2D eigenvalue weighted by molar-refractivity contribution is 5.95. The van der Waals surface area contributed by atoms with E-state index in [2.05, 4.69) is 4.90 Å². The van der Waals surface area contributed by atoms with Crippen LogP contribution in [-0.2, 0) is 0 Å². The van der Waals surface area contributed by atoms with Crippen LogP contribution in [0, 0.1) is 22.9 Å². The molecule has 0 radical (unpaired) electrons. The average molecular weight is 357 g/mol. The van der Waals surface area contributed by atoms with Gasteiger partial charge in [-0.1, -0.05) is 30.3 Å². The molecule has 1 amide bonds. The third-order valence-electron chi connectivity index (χ3n) is 4.81. The van der Waals surface area contributed by atoms with Gasteiger partial charge in [0.05, 0.1) is 22.1 Å². The standard InChI is InChI=1S/C19H20FN3O3/c1-13-16(23(25)26)9-8-15(18(13)20)19(24)22-11-10-21(2)12-17(22)14-6-4-3-5-7-14/h3-9,17H,10-12H2,1-2H3/t17-/m1/s1. The molecule has 7 heteroatoms. The molecule has 1 heterocycles. The number of nitrogens with zero attached hydrogens (tertiary/aromatic N) is 3. The zero-order chi connectivity index (χ0) is 18.8. The van der Waals surface area contributed by atoms with Crippen LogP contribution in [-0.4, -0.2) is 47.3 Å². The average Bonchev–Trinajstić information content (AvgIpc) is 2.63. The summed E-state index contributed by atoms with van der Waals surface area (Å²) in [4.78, 5) is 27.1. The molecule has 0 aliphatic carbocycles. The van der Waals surface area contributed by atoms with E-state index in [1.165, 1.54) is 19.1 Å². The van der Waals surface area contributed by atoms with Gasteiger partial charge in [-0.3, -0.25) is 14.9 Å². The van der Waals surface area contributed by atoms with Crippen LogP contribution < -0.4 is 0 Å². The summed E-state index contributed by atoms with van der Waals surface area (Å²) < 4.78 is 14.7. The smallest absolute Gasteiger partial charge is 0.275 e. The maximum Gasteiger partial charge on any atom is 0.275 e. The second kappa shape index (κ2) is 7.21. The Kier molecular flexibility index (Phi) is 4.99. The third kappa shape index (κ3) is 3.30. The summed E-state index contributed by atoms with van der Waals surface area (Å²) in [5.41, 5.74) is 0.410. The summed E-state index contributed by atoms with van der Waals surface area (Å²) in [6.07, 6.45) is 0. The van der Waals surface area contributed by atoms with Crippen molar-refractivity contribution in [2.24, 2.45) is 0 Å². The van der Waals surface area contributed by atoms with Crippen molar-refractivity contribution in [2.45, 2.75) is 13.0 Å². The van der Waals surface area contributed by atoms with Gasteiger partial charge in [0, 0.05) is 25.7 Å². The van der Waals surface area contributed by atoms with E-state index in [-0.39, 0.29) is 22.9 Å². The molecular weight excluding hydrogens is 337 g/mol. The summed E-state index contributed by atoms with van der Waals surface area (Å²) in [6, 6.07) is 11.8. The zero-order valence-electron chi connectivity index (χ0n) is 14.7. The lowest BCUT2D eigenvalue weighted by molar-refractivity contribution is -0.385. The van der Waals surface area contributed by atoms with Gasteiger partial charge in [-0.15, -0.1) is 0 Å². The number of hydrogen-bond donors (Lipinski definition) is 0. The molecule has 1 fully saturated rings. The second-order valence-corrected chi connectivity index (χ2v) is 6.52. The summed E-state index contributed by atoms with van der Waals surface area (Å²) in [6.45, 7) is 3.11. The van der Waals surface area contributed by atoms with Crippen molar-refractivity contribution < 1.29 is 14.1 Å². The number of amides is 1. The van der Waals surface area contributed by atoms with Gasteiger partial charge >= 0.3 is 0 Å². The van der Waals surface area contributed by atoms with Crippen molar-refractivity contribution in [3.63, 3.8) is 0 Å². The maximum atomic E-state index is 14.7. The fourth-order valence-electron chi connectivity index (χ4n) is 3.32. The lowest BCUT2D eigenvalue weighted by Gasteiger charge is -2.40. The van der Waals surface area contributed by atoms with Crippen molar-refractivity contribution >= 4 is 11.6 Å². The minimum Gasteiger partial charge on any atom is -0.329 e. The molecular formula is C19H20FN3O3. The third-order valence-corrected chi connectivity index (χ3v) is 4.81. The molecule has 0 N–H and O–H groups in total. The molecule has 0 unspecified atom stereocenters. The molecule has 2 aromatic rings. The number of rotatable bonds is 3. The van der Waals surface area contributed by atoms with E-state index in [0.29, 0.717) is 19.6 Å². The number of hydrogen-bond acceptors (Lipinski definition) is 4. The first-order chi connectivity index (χ1) is 12.4. The molecule has 0 saturated carbocycles. The number of piperazine rings is 1. The Morgan fingerprint density at radius 1 is 1.19 bits per heavy atom. The molecule has 1 aliphatic heterocycles. The lowest BCUT2D eigenvalue weighted by atomic mass is 10.00. The maximum absolute atomic E-state index is 14.7. The van der Waals surface area contributed by atoms with Gasteiger partial charge in [-0.05, 0) is 25.6 Å². The summed E-state index contributed by atoms with van der Waals surface area (Å²) in [5, 5.41) is 11.0. The summed E-state index contributed by atoms with van der Waals surface area (Å²) >= 11 is 0. The first kappa shape index (κ1) is 18.0. The number of likely N-dealkylation sites (N-methyl/N-ethyl adjacent to an activating group) is 1. The van der Waals surface area contributed by atoms with Crippen LogP contribution in [0.4, 0.5) is 10.1 Å². The summed E-state index contributed by atoms with van der Waals surface area (Å²) in [7, 11) is 1.98. The first-order valence-electron chi connectivity index (χ1n) is 8.38. The van der Waals surface area contributed by atoms with Gasteiger partial charge in [0.25, 0.3) is 11.6 Å². The zero-order valence-corrected chi connectivity index (χ0v) is 14.7. The Bertz CT molecular complexity index is 841.